The lowest BCUT2D eigenvalue weighted by molar-refractivity contribution is -0.158. The van der Waals surface area contributed by atoms with Gasteiger partial charge in [-0.05, 0) is 92.9 Å². The molecule has 2 fully saturated rings. The molecule has 0 spiro atoms. The lowest BCUT2D eigenvalue weighted by Gasteiger charge is -2.41. The zero-order valence-corrected chi connectivity index (χ0v) is 35.2. The Bertz CT molecular complexity index is 1830. The van der Waals surface area contributed by atoms with Gasteiger partial charge in [0.2, 0.25) is 5.91 Å². The van der Waals surface area contributed by atoms with Crippen LogP contribution in [0, 0.1) is 5.92 Å². The van der Waals surface area contributed by atoms with Crippen molar-refractivity contribution in [1.29, 1.82) is 0 Å². The van der Waals surface area contributed by atoms with Crippen LogP contribution in [0.2, 0.25) is 5.02 Å². The first kappa shape index (κ1) is 43.8. The second-order valence-corrected chi connectivity index (χ2v) is 15.7. The zero-order chi connectivity index (χ0) is 41.2. The molecule has 2 aromatic carbocycles. The molecule has 0 unspecified atom stereocenters. The first-order valence-electron chi connectivity index (χ1n) is 17.9. The number of carbonyl (C=O) groups is 4. The Balaban J connectivity index is 1.64. The number of amides is 3. The van der Waals surface area contributed by atoms with Gasteiger partial charge in [-0.3, -0.25) is 14.9 Å². The fourth-order valence-electron chi connectivity index (χ4n) is 6.61. The van der Waals surface area contributed by atoms with E-state index in [0.29, 0.717) is 33.6 Å². The highest BCUT2D eigenvalue weighted by Gasteiger charge is 2.64. The average molecular weight is 852 g/mol. The van der Waals surface area contributed by atoms with Gasteiger partial charge >= 0.3 is 12.1 Å². The van der Waals surface area contributed by atoms with E-state index in [0.717, 1.165) is 11.1 Å². The number of allylic oxidation sites excluding steroid dienone is 2. The molecule has 302 valence electrons. The van der Waals surface area contributed by atoms with E-state index in [-0.39, 0.29) is 17.9 Å². The Kier molecular flexibility index (Phi) is 13.9. The molecular formula is C39H52BrClN4O10. The summed E-state index contributed by atoms with van der Waals surface area (Å²) in [5.74, 6) is -1.84. The van der Waals surface area contributed by atoms with Crippen LogP contribution >= 0.6 is 27.5 Å². The molecule has 0 saturated carbocycles. The van der Waals surface area contributed by atoms with Gasteiger partial charge in [0.15, 0.2) is 5.72 Å². The number of epoxide rings is 1. The van der Waals surface area contributed by atoms with Gasteiger partial charge in [-0.1, -0.05) is 30.2 Å². The van der Waals surface area contributed by atoms with Crippen molar-refractivity contribution in [2.75, 3.05) is 38.9 Å². The normalized spacial score (nSPS) is 24.4. The zero-order valence-electron chi connectivity index (χ0n) is 32.9. The molecule has 0 radical (unpaired) electrons. The maximum absolute atomic E-state index is 14.2. The Labute approximate surface area is 335 Å². The average Bonchev–Trinajstić information content (AvgIpc) is 3.85. The molecule has 8 atom stereocenters. The monoisotopic (exact) mass is 850 g/mol. The van der Waals surface area contributed by atoms with E-state index >= 15 is 0 Å². The fraction of sp³-hybridized carbons (Fsp3) is 0.538. The van der Waals surface area contributed by atoms with Crippen molar-refractivity contribution in [1.82, 2.24) is 10.2 Å². The number of halogens is 2. The Morgan fingerprint density at radius 3 is 2.45 bits per heavy atom. The molecule has 2 aliphatic heterocycles. The Morgan fingerprint density at radius 2 is 1.85 bits per heavy atom. The minimum Gasteiger partial charge on any atom is -0.495 e. The molecule has 2 saturated heterocycles. The molecular weight excluding hydrogens is 800 g/mol. The number of hydrogen-bond acceptors (Lipinski definition) is 11. The highest BCUT2D eigenvalue weighted by molar-refractivity contribution is 9.10. The molecule has 14 nitrogen and oxygen atoms in total. The van der Waals surface area contributed by atoms with Crippen molar-refractivity contribution in [2.45, 2.75) is 103 Å². The van der Waals surface area contributed by atoms with Gasteiger partial charge in [0, 0.05) is 49.3 Å². The summed E-state index contributed by atoms with van der Waals surface area (Å²) in [4.78, 5) is 56.7. The molecule has 0 bridgehead atoms. The number of methoxy groups -OCH3 is 2. The minimum atomic E-state index is -1.72. The summed E-state index contributed by atoms with van der Waals surface area (Å²) in [5.41, 5.74) is 6.04. The number of anilines is 2. The number of aliphatic hydroxyl groups is 1. The number of nitrogens with two attached hydrogens (primary N) is 1. The van der Waals surface area contributed by atoms with Gasteiger partial charge in [0.1, 0.15) is 40.7 Å². The van der Waals surface area contributed by atoms with Crippen LogP contribution in [0.5, 0.6) is 5.75 Å². The number of esters is 1. The summed E-state index contributed by atoms with van der Waals surface area (Å²) in [6.07, 6.45) is -2.05. The van der Waals surface area contributed by atoms with Crippen LogP contribution in [-0.4, -0.2) is 104 Å². The van der Waals surface area contributed by atoms with Crippen LogP contribution < -0.4 is 20.7 Å². The fourth-order valence-corrected chi connectivity index (χ4v) is 7.30. The van der Waals surface area contributed by atoms with Crippen molar-refractivity contribution >= 4 is 62.8 Å². The molecule has 3 amide bonds. The van der Waals surface area contributed by atoms with E-state index < -0.39 is 71.6 Å². The third-order valence-corrected chi connectivity index (χ3v) is 11.9. The van der Waals surface area contributed by atoms with Crippen molar-refractivity contribution in [2.24, 2.45) is 5.92 Å². The van der Waals surface area contributed by atoms with Gasteiger partial charge in [-0.25, -0.2) is 9.59 Å². The number of carbonyl (C=O) groups excluding carboxylic acids is 4. The van der Waals surface area contributed by atoms with E-state index in [9.17, 15) is 24.3 Å². The Morgan fingerprint density at radius 1 is 1.18 bits per heavy atom. The van der Waals surface area contributed by atoms with Crippen LogP contribution in [0.3, 0.4) is 0 Å². The van der Waals surface area contributed by atoms with Crippen LogP contribution in [0.4, 0.5) is 16.2 Å². The van der Waals surface area contributed by atoms with E-state index in [1.165, 1.54) is 38.0 Å². The van der Waals surface area contributed by atoms with Crippen molar-refractivity contribution in [3.05, 3.63) is 62.6 Å². The molecule has 4 rings (SSSR count). The molecule has 0 aromatic heterocycles. The van der Waals surface area contributed by atoms with E-state index in [2.05, 4.69) is 21.2 Å². The van der Waals surface area contributed by atoms with Crippen molar-refractivity contribution in [3.8, 4) is 5.75 Å². The lowest BCUT2D eigenvalue weighted by atomic mass is 9.84. The van der Waals surface area contributed by atoms with Gasteiger partial charge in [0.05, 0.1) is 25.3 Å². The smallest absolute Gasteiger partial charge is 0.409 e. The molecule has 55 heavy (non-hydrogen) atoms. The van der Waals surface area contributed by atoms with Crippen LogP contribution in [0.15, 0.2) is 46.5 Å². The Hall–Kier alpha value is -3.89. The summed E-state index contributed by atoms with van der Waals surface area (Å²) >= 11 is 10.1. The predicted octanol–water partition coefficient (Wildman–Crippen LogP) is 5.64. The number of nitrogens with one attached hydrogen (secondary N) is 1. The van der Waals surface area contributed by atoms with E-state index in [1.54, 1.807) is 46.0 Å². The van der Waals surface area contributed by atoms with E-state index in [1.807, 2.05) is 32.1 Å². The summed E-state index contributed by atoms with van der Waals surface area (Å²) in [6.45, 7) is 10.6. The number of nitrogens with zero attached hydrogens (tertiary/aromatic N) is 2. The highest BCUT2D eigenvalue weighted by atomic mass is 79.9. The quantitative estimate of drug-likeness (QED) is 0.0873. The molecule has 2 aliphatic rings. The van der Waals surface area contributed by atoms with E-state index in [4.69, 9.17) is 41.0 Å². The van der Waals surface area contributed by atoms with Crippen LogP contribution in [0.1, 0.15) is 70.3 Å². The van der Waals surface area contributed by atoms with Crippen molar-refractivity contribution < 1.29 is 48.0 Å². The lowest BCUT2D eigenvalue weighted by Crippen LogP contribution is -2.63. The number of benzene rings is 2. The maximum Gasteiger partial charge on any atom is 0.409 e. The molecule has 0 aliphatic carbocycles. The molecule has 2 aromatic rings. The molecule has 2 heterocycles. The first-order chi connectivity index (χ1) is 25.7. The van der Waals surface area contributed by atoms with Gasteiger partial charge < -0.3 is 44.3 Å². The third kappa shape index (κ3) is 9.57. The number of cyclic esters (lactones) is 1. The summed E-state index contributed by atoms with van der Waals surface area (Å²) in [5, 5.41) is 13.9. The van der Waals surface area contributed by atoms with Gasteiger partial charge in [-0.2, -0.15) is 0 Å². The highest BCUT2D eigenvalue weighted by Crippen LogP contribution is 2.49. The summed E-state index contributed by atoms with van der Waals surface area (Å²) in [6, 6.07) is 7.23. The number of alkyl carbamates (subject to hydrolysis) is 1. The second-order valence-electron chi connectivity index (χ2n) is 14.5. The maximum atomic E-state index is 14.2. The van der Waals surface area contributed by atoms with Gasteiger partial charge in [-0.15, -0.1) is 0 Å². The summed E-state index contributed by atoms with van der Waals surface area (Å²) in [7, 11) is 5.95. The van der Waals surface area contributed by atoms with Gasteiger partial charge in [0.25, 0.3) is 5.91 Å². The number of nitrogen functional groups attached to an aromatic ring is 1. The largest absolute Gasteiger partial charge is 0.495 e. The first-order valence-corrected chi connectivity index (χ1v) is 19.1. The van der Waals surface area contributed by atoms with Crippen LogP contribution in [-0.2, 0) is 35.0 Å². The number of hydrogen-bond donors (Lipinski definition) is 3. The predicted molar refractivity (Wildman–Crippen MR) is 211 cm³/mol. The molecule has 4 N–H and O–H groups in total. The summed E-state index contributed by atoms with van der Waals surface area (Å²) < 4.78 is 29.3. The van der Waals surface area contributed by atoms with Crippen molar-refractivity contribution in [3.63, 3.8) is 0 Å². The number of ether oxygens (including phenoxy) is 5. The SMILES string of the molecule is C/C=C(\C)Cc1cc(OC)c(Cl)c(N(C)C(=O)C[C@H](OC(=O)[C@H](C)N(C)C(=O)c2ccc(N)c(Br)c2)[C@]2(C)O[C@H]2[C@H](C)[C@@H]2C[C@](O)([C@@H](C)OC)NC(=O)O2)c1. The topological polar surface area (TPSA) is 182 Å². The standard InChI is InChI=1S/C39H52BrClN4O10/c1-11-20(2)14-24-15-28(33(41)29(16-24)52-10)45(8)32(46)18-31(54-36(48)22(4)44(7)35(47)25-12-13-27(42)26(40)17-25)38(6)34(55-38)21(3)30-19-39(50,23(5)51-9)43-37(49)53-30/h11-13,15-17,21-23,30-31,34,50H,14,18-19,42H2,1-10H3,(H,43,49)/b20-11+/t21-,22+,23-,30+,31+,34+,38+,39+/m1/s1. The third-order valence-electron chi connectivity index (χ3n) is 10.8. The van der Waals surface area contributed by atoms with Crippen LogP contribution in [0.25, 0.3) is 0 Å². The minimum absolute atomic E-state index is 0.0223. The number of rotatable bonds is 15. The second kappa shape index (κ2) is 17.5. The molecule has 16 heteroatoms. The number of likely N-dealkylation sites (N-methyl/N-ethyl adjacent to an activating group) is 1.